The third-order valence-electron chi connectivity index (χ3n) is 5.14. The molecule has 0 heterocycles. The molecule has 0 radical (unpaired) electrons. The lowest BCUT2D eigenvalue weighted by Gasteiger charge is -2.21. The van der Waals surface area contributed by atoms with Crippen molar-refractivity contribution in [3.05, 3.63) is 83.9 Å². The number of nitrogens with one attached hydrogen (secondary N) is 2. The summed E-state index contributed by atoms with van der Waals surface area (Å²) in [5.74, 6) is 0.163. The second kappa shape index (κ2) is 12.7. The molecular weight excluding hydrogens is 496 g/mol. The molecule has 0 unspecified atom stereocenters. The molecule has 2 amide bonds. The summed E-state index contributed by atoms with van der Waals surface area (Å²) < 4.78 is 38.4. The number of hydrogen-bond acceptors (Lipinski definition) is 7. The molecule has 3 aromatic rings. The van der Waals surface area contributed by atoms with Gasteiger partial charge in [0.2, 0.25) is 15.9 Å². The Morgan fingerprint density at radius 1 is 0.946 bits per heavy atom. The van der Waals surface area contributed by atoms with Crippen molar-refractivity contribution >= 4 is 33.7 Å². The molecule has 0 saturated carbocycles. The van der Waals surface area contributed by atoms with Crippen LogP contribution < -0.4 is 20.2 Å². The molecule has 0 aromatic heterocycles. The van der Waals surface area contributed by atoms with Gasteiger partial charge < -0.3 is 14.8 Å². The van der Waals surface area contributed by atoms with Crippen LogP contribution in [0.1, 0.15) is 18.1 Å². The number of amides is 2. The first kappa shape index (κ1) is 27.4. The topological polar surface area (TPSA) is 126 Å². The summed E-state index contributed by atoms with van der Waals surface area (Å²) in [4.78, 5) is 23.9. The molecule has 3 aromatic carbocycles. The van der Waals surface area contributed by atoms with Gasteiger partial charge in [0, 0.05) is 19.2 Å². The number of ether oxygens (including phenoxy) is 2. The Hall–Kier alpha value is -4.22. The molecule has 0 bridgehead atoms. The number of hydrazone groups is 1. The third-order valence-corrected chi connectivity index (χ3v) is 6.95. The van der Waals surface area contributed by atoms with Crippen LogP contribution in [0.15, 0.2) is 82.8 Å². The maximum absolute atomic E-state index is 13.4. The maximum atomic E-state index is 13.4. The number of anilines is 1. The highest BCUT2D eigenvalue weighted by Crippen LogP contribution is 2.27. The molecular formula is C26H28N4O6S. The van der Waals surface area contributed by atoms with Crippen LogP contribution in [0.5, 0.6) is 11.5 Å². The van der Waals surface area contributed by atoms with E-state index in [9.17, 15) is 18.0 Å². The molecule has 37 heavy (non-hydrogen) atoms. The largest absolute Gasteiger partial charge is 0.493 e. The lowest BCUT2D eigenvalue weighted by Crippen LogP contribution is -2.39. The van der Waals surface area contributed by atoms with Crippen molar-refractivity contribution in [1.29, 1.82) is 0 Å². The van der Waals surface area contributed by atoms with Crippen LogP contribution >= 0.6 is 0 Å². The van der Waals surface area contributed by atoms with Gasteiger partial charge in [0.1, 0.15) is 0 Å². The van der Waals surface area contributed by atoms with E-state index in [1.807, 2.05) is 6.07 Å². The number of nitrogens with zero attached hydrogens (tertiary/aromatic N) is 2. The van der Waals surface area contributed by atoms with Crippen LogP contribution in [0.4, 0.5) is 5.69 Å². The Morgan fingerprint density at radius 3 is 2.24 bits per heavy atom. The van der Waals surface area contributed by atoms with Gasteiger partial charge in [-0.3, -0.25) is 9.59 Å². The average Bonchev–Trinajstić information content (AvgIpc) is 2.88. The van der Waals surface area contributed by atoms with E-state index in [-0.39, 0.29) is 17.3 Å². The fraction of sp³-hybridized carbons (Fsp3) is 0.192. The second-order valence-corrected chi connectivity index (χ2v) is 9.81. The molecule has 0 spiro atoms. The van der Waals surface area contributed by atoms with Crippen molar-refractivity contribution in [1.82, 2.24) is 9.73 Å². The monoisotopic (exact) mass is 524 g/mol. The predicted molar refractivity (Wildman–Crippen MR) is 140 cm³/mol. The number of sulfonamides is 1. The van der Waals surface area contributed by atoms with Crippen LogP contribution in [-0.4, -0.2) is 51.5 Å². The molecule has 10 nitrogen and oxygen atoms in total. The van der Waals surface area contributed by atoms with E-state index in [0.717, 1.165) is 4.31 Å². The smallest absolute Gasteiger partial charge is 0.255 e. The highest BCUT2D eigenvalue weighted by Gasteiger charge is 2.27. The highest BCUT2D eigenvalue weighted by molar-refractivity contribution is 7.89. The number of carbonyl (C=O) groups excluding carboxylic acids is 2. The number of methoxy groups -OCH3 is 2. The number of rotatable bonds is 11. The molecule has 0 fully saturated rings. The molecule has 11 heteroatoms. The normalized spacial score (nSPS) is 11.4. The number of hydrogen-bond donors (Lipinski definition) is 2. The van der Waals surface area contributed by atoms with Gasteiger partial charge >= 0.3 is 0 Å². The van der Waals surface area contributed by atoms with E-state index in [4.69, 9.17) is 9.47 Å². The van der Waals surface area contributed by atoms with Crippen LogP contribution in [0, 0.1) is 0 Å². The zero-order valence-electron chi connectivity index (χ0n) is 20.7. The van der Waals surface area contributed by atoms with Crippen LogP contribution in [-0.2, 0) is 26.2 Å². The molecule has 3 rings (SSSR count). The summed E-state index contributed by atoms with van der Waals surface area (Å²) in [5, 5.41) is 6.54. The van der Waals surface area contributed by atoms with E-state index in [2.05, 4.69) is 15.8 Å². The average molecular weight is 525 g/mol. The summed E-state index contributed by atoms with van der Waals surface area (Å²) in [5.41, 5.74) is 4.19. The number of benzene rings is 3. The van der Waals surface area contributed by atoms with Crippen LogP contribution in [0.3, 0.4) is 0 Å². The molecule has 0 atom stereocenters. The zero-order valence-corrected chi connectivity index (χ0v) is 21.5. The third kappa shape index (κ3) is 7.63. The Balaban J connectivity index is 1.77. The van der Waals surface area contributed by atoms with Crippen LogP contribution in [0.2, 0.25) is 0 Å². The van der Waals surface area contributed by atoms with Gasteiger partial charge in [-0.1, -0.05) is 30.3 Å². The van der Waals surface area contributed by atoms with E-state index in [1.165, 1.54) is 51.6 Å². The summed E-state index contributed by atoms with van der Waals surface area (Å²) in [7, 11) is -1.02. The van der Waals surface area contributed by atoms with Crippen molar-refractivity contribution in [3.63, 3.8) is 0 Å². The standard InChI is InChI=1S/C26H28N4O6S/c1-19(31)28-22-10-12-23(13-11-22)37(33,34)30(17-20-7-5-4-6-8-20)18-26(32)29-27-16-21-9-14-24(35-2)25(15-21)36-3/h4-16H,17-18H2,1-3H3,(H,28,31)(H,29,32)/b27-16-. The lowest BCUT2D eigenvalue weighted by atomic mass is 10.2. The first-order valence-corrected chi connectivity index (χ1v) is 12.6. The fourth-order valence-corrected chi connectivity index (χ4v) is 4.77. The number of carbonyl (C=O) groups is 2. The Labute approximate surface area is 216 Å². The van der Waals surface area contributed by atoms with Crippen molar-refractivity contribution in [2.45, 2.75) is 18.4 Å². The van der Waals surface area contributed by atoms with Crippen molar-refractivity contribution in [2.75, 3.05) is 26.1 Å². The molecule has 194 valence electrons. The fourth-order valence-electron chi connectivity index (χ4n) is 3.38. The van der Waals surface area contributed by atoms with Gasteiger partial charge in [0.15, 0.2) is 11.5 Å². The Kier molecular flexibility index (Phi) is 9.36. The van der Waals surface area contributed by atoms with Gasteiger partial charge in [0.05, 0.1) is 31.9 Å². The lowest BCUT2D eigenvalue weighted by molar-refractivity contribution is -0.121. The summed E-state index contributed by atoms with van der Waals surface area (Å²) in [6.07, 6.45) is 1.41. The minimum absolute atomic E-state index is 0.0147. The van der Waals surface area contributed by atoms with Gasteiger partial charge in [-0.15, -0.1) is 0 Å². The highest BCUT2D eigenvalue weighted by atomic mass is 32.2. The first-order valence-electron chi connectivity index (χ1n) is 11.2. The maximum Gasteiger partial charge on any atom is 0.255 e. The van der Waals surface area contributed by atoms with E-state index < -0.39 is 22.5 Å². The molecule has 2 N–H and O–H groups in total. The predicted octanol–water partition coefficient (Wildman–Crippen LogP) is 3.00. The van der Waals surface area contributed by atoms with E-state index >= 15 is 0 Å². The summed E-state index contributed by atoms with van der Waals surface area (Å²) >= 11 is 0. The van der Waals surface area contributed by atoms with Gasteiger partial charge in [-0.2, -0.15) is 9.41 Å². The van der Waals surface area contributed by atoms with Gasteiger partial charge in [0.25, 0.3) is 5.91 Å². The summed E-state index contributed by atoms with van der Waals surface area (Å²) in [6.45, 7) is 0.871. The molecule has 0 saturated heterocycles. The van der Waals surface area contributed by atoms with Crippen LogP contribution in [0.25, 0.3) is 0 Å². The SMILES string of the molecule is COc1ccc(/C=N\NC(=O)CN(Cc2ccccc2)S(=O)(=O)c2ccc(NC(C)=O)cc2)cc1OC. The van der Waals surface area contributed by atoms with Gasteiger partial charge in [-0.25, -0.2) is 13.8 Å². The van der Waals surface area contributed by atoms with Crippen molar-refractivity contribution in [2.24, 2.45) is 5.10 Å². The van der Waals surface area contributed by atoms with Gasteiger partial charge in [-0.05, 0) is 53.6 Å². The van der Waals surface area contributed by atoms with E-state index in [1.54, 1.807) is 42.5 Å². The van der Waals surface area contributed by atoms with E-state index in [0.29, 0.717) is 28.3 Å². The minimum atomic E-state index is -4.06. The zero-order chi connectivity index (χ0) is 26.8. The molecule has 0 aliphatic heterocycles. The van der Waals surface area contributed by atoms with Crippen molar-refractivity contribution in [3.8, 4) is 11.5 Å². The minimum Gasteiger partial charge on any atom is -0.493 e. The Bertz CT molecular complexity index is 1360. The molecule has 0 aliphatic rings. The second-order valence-electron chi connectivity index (χ2n) is 7.87. The van der Waals surface area contributed by atoms with Crippen molar-refractivity contribution < 1.29 is 27.5 Å². The first-order chi connectivity index (χ1) is 17.7. The molecule has 0 aliphatic carbocycles. The summed E-state index contributed by atoms with van der Waals surface area (Å²) in [6, 6.07) is 19.8. The quantitative estimate of drug-likeness (QED) is 0.293. The Morgan fingerprint density at radius 2 is 1.62 bits per heavy atom.